The SMILES string of the molecule is C[C@H](NS(=O)(=O)c1cccc(Cl)c1)C(=O)Nc1nccs1. The molecule has 2 N–H and O–H groups in total. The summed E-state index contributed by atoms with van der Waals surface area (Å²) in [5.74, 6) is -0.490. The molecular weight excluding hydrogens is 334 g/mol. The topological polar surface area (TPSA) is 88.2 Å². The van der Waals surface area contributed by atoms with Gasteiger partial charge in [0.05, 0.1) is 10.9 Å². The normalized spacial score (nSPS) is 12.9. The number of hydrogen-bond acceptors (Lipinski definition) is 5. The lowest BCUT2D eigenvalue weighted by molar-refractivity contribution is -0.117. The standard InChI is InChI=1S/C12H12ClN3O3S2/c1-8(11(17)15-12-14-5-6-20-12)16-21(18,19)10-4-2-3-9(13)7-10/h2-8,16H,1H3,(H,14,15,17)/t8-/m0/s1. The van der Waals surface area contributed by atoms with E-state index in [9.17, 15) is 13.2 Å². The van der Waals surface area contributed by atoms with E-state index < -0.39 is 22.0 Å². The van der Waals surface area contributed by atoms with E-state index in [2.05, 4.69) is 15.0 Å². The summed E-state index contributed by atoms with van der Waals surface area (Å²) in [5.41, 5.74) is 0. The van der Waals surface area contributed by atoms with Crippen molar-refractivity contribution in [1.29, 1.82) is 0 Å². The van der Waals surface area contributed by atoms with Crippen molar-refractivity contribution in [2.75, 3.05) is 5.32 Å². The fourth-order valence-corrected chi connectivity index (χ4v) is 3.52. The second kappa shape index (κ2) is 6.52. The van der Waals surface area contributed by atoms with Gasteiger partial charge in [-0.3, -0.25) is 4.79 Å². The number of thiazole rings is 1. The number of aromatic nitrogens is 1. The minimum Gasteiger partial charge on any atom is -0.301 e. The number of benzene rings is 1. The van der Waals surface area contributed by atoms with Crippen molar-refractivity contribution in [2.24, 2.45) is 0 Å². The van der Waals surface area contributed by atoms with Crippen molar-refractivity contribution in [3.05, 3.63) is 40.9 Å². The Bertz CT molecular complexity index is 732. The molecule has 2 rings (SSSR count). The third-order valence-corrected chi connectivity index (χ3v) is 4.96. The largest absolute Gasteiger partial charge is 0.301 e. The Morgan fingerprint density at radius 3 is 2.81 bits per heavy atom. The molecule has 1 heterocycles. The van der Waals surface area contributed by atoms with Gasteiger partial charge in [0.1, 0.15) is 0 Å². The first-order chi connectivity index (χ1) is 9.88. The second-order valence-electron chi connectivity index (χ2n) is 4.13. The van der Waals surface area contributed by atoms with Crippen molar-refractivity contribution in [3.8, 4) is 0 Å². The van der Waals surface area contributed by atoms with E-state index in [4.69, 9.17) is 11.6 Å². The Balaban J connectivity index is 2.07. The average Bonchev–Trinajstić information content (AvgIpc) is 2.91. The third kappa shape index (κ3) is 4.24. The molecule has 6 nitrogen and oxygen atoms in total. The molecule has 0 spiro atoms. The highest BCUT2D eigenvalue weighted by Crippen LogP contribution is 2.16. The molecule has 1 amide bonds. The highest BCUT2D eigenvalue weighted by molar-refractivity contribution is 7.89. The highest BCUT2D eigenvalue weighted by atomic mass is 35.5. The van der Waals surface area contributed by atoms with Gasteiger partial charge in [-0.05, 0) is 25.1 Å². The number of nitrogens with zero attached hydrogens (tertiary/aromatic N) is 1. The van der Waals surface area contributed by atoms with Crippen LogP contribution in [0.4, 0.5) is 5.13 Å². The lowest BCUT2D eigenvalue weighted by atomic mass is 10.3. The Kier molecular flexibility index (Phi) is 4.94. The molecule has 0 aliphatic heterocycles. The molecule has 0 unspecified atom stereocenters. The minimum absolute atomic E-state index is 0.00361. The van der Waals surface area contributed by atoms with Crippen LogP contribution in [0.25, 0.3) is 0 Å². The van der Waals surface area contributed by atoms with Crippen LogP contribution in [0.15, 0.2) is 40.7 Å². The zero-order valence-electron chi connectivity index (χ0n) is 10.9. The van der Waals surface area contributed by atoms with Gasteiger partial charge in [-0.15, -0.1) is 11.3 Å². The number of amides is 1. The molecule has 0 aliphatic rings. The van der Waals surface area contributed by atoms with E-state index in [0.717, 1.165) is 0 Å². The summed E-state index contributed by atoms with van der Waals surface area (Å²) in [4.78, 5) is 15.8. The summed E-state index contributed by atoms with van der Waals surface area (Å²) < 4.78 is 26.6. The number of anilines is 1. The summed E-state index contributed by atoms with van der Waals surface area (Å²) in [6.45, 7) is 1.45. The molecule has 1 atom stereocenters. The summed E-state index contributed by atoms with van der Waals surface area (Å²) in [6, 6.07) is 4.86. The quantitative estimate of drug-likeness (QED) is 0.868. The van der Waals surface area contributed by atoms with Gasteiger partial charge in [0.2, 0.25) is 15.9 Å². The number of carbonyl (C=O) groups excluding carboxylic acids is 1. The van der Waals surface area contributed by atoms with Gasteiger partial charge in [0.15, 0.2) is 5.13 Å². The van der Waals surface area contributed by atoms with Gasteiger partial charge in [0, 0.05) is 16.6 Å². The van der Waals surface area contributed by atoms with E-state index in [1.54, 1.807) is 17.6 Å². The van der Waals surface area contributed by atoms with E-state index in [0.29, 0.717) is 10.2 Å². The van der Waals surface area contributed by atoms with Crippen LogP contribution < -0.4 is 10.0 Å². The fourth-order valence-electron chi connectivity index (χ4n) is 1.49. The molecule has 0 fully saturated rings. The van der Waals surface area contributed by atoms with Gasteiger partial charge >= 0.3 is 0 Å². The van der Waals surface area contributed by atoms with E-state index in [1.165, 1.54) is 36.5 Å². The maximum atomic E-state index is 12.1. The Morgan fingerprint density at radius 1 is 1.43 bits per heavy atom. The van der Waals surface area contributed by atoms with Crippen molar-refractivity contribution in [2.45, 2.75) is 17.9 Å². The fraction of sp³-hybridized carbons (Fsp3) is 0.167. The Morgan fingerprint density at radius 2 is 2.19 bits per heavy atom. The van der Waals surface area contributed by atoms with Crippen LogP contribution in [0.1, 0.15) is 6.92 Å². The van der Waals surface area contributed by atoms with Crippen LogP contribution in [0.5, 0.6) is 0 Å². The predicted octanol–water partition coefficient (Wildman–Crippen LogP) is 2.10. The van der Waals surface area contributed by atoms with Crippen LogP contribution in [0.2, 0.25) is 5.02 Å². The van der Waals surface area contributed by atoms with Crippen molar-refractivity contribution >= 4 is 44.0 Å². The van der Waals surface area contributed by atoms with Gasteiger partial charge in [-0.25, -0.2) is 13.4 Å². The molecule has 1 aromatic heterocycles. The minimum atomic E-state index is -3.82. The summed E-state index contributed by atoms with van der Waals surface area (Å²) in [6.07, 6.45) is 1.54. The number of nitrogens with one attached hydrogen (secondary N) is 2. The smallest absolute Gasteiger partial charge is 0.244 e. The first-order valence-electron chi connectivity index (χ1n) is 5.87. The molecule has 0 saturated carbocycles. The number of hydrogen-bond donors (Lipinski definition) is 2. The van der Waals surface area contributed by atoms with E-state index >= 15 is 0 Å². The average molecular weight is 346 g/mol. The Hall–Kier alpha value is -1.48. The van der Waals surface area contributed by atoms with Gasteiger partial charge in [0.25, 0.3) is 0 Å². The maximum absolute atomic E-state index is 12.1. The molecule has 0 radical (unpaired) electrons. The van der Waals surface area contributed by atoms with Gasteiger partial charge in [-0.1, -0.05) is 17.7 Å². The number of sulfonamides is 1. The van der Waals surface area contributed by atoms with Crippen LogP contribution in [-0.2, 0) is 14.8 Å². The summed E-state index contributed by atoms with van der Waals surface area (Å²) in [5, 5.41) is 4.94. The lowest BCUT2D eigenvalue weighted by Gasteiger charge is -2.13. The summed E-state index contributed by atoms with van der Waals surface area (Å²) >= 11 is 7.01. The van der Waals surface area contributed by atoms with Crippen LogP contribution in [-0.4, -0.2) is 25.4 Å². The summed E-state index contributed by atoms with van der Waals surface area (Å²) in [7, 11) is -3.82. The first-order valence-corrected chi connectivity index (χ1v) is 8.61. The van der Waals surface area contributed by atoms with Crippen LogP contribution in [0, 0.1) is 0 Å². The lowest BCUT2D eigenvalue weighted by Crippen LogP contribution is -2.41. The molecule has 1 aromatic carbocycles. The monoisotopic (exact) mass is 345 g/mol. The predicted molar refractivity (Wildman–Crippen MR) is 82.0 cm³/mol. The van der Waals surface area contributed by atoms with Crippen LogP contribution in [0.3, 0.4) is 0 Å². The molecule has 0 aliphatic carbocycles. The third-order valence-electron chi connectivity index (χ3n) is 2.49. The van der Waals surface area contributed by atoms with Crippen molar-refractivity contribution < 1.29 is 13.2 Å². The molecule has 0 saturated heterocycles. The van der Waals surface area contributed by atoms with Crippen LogP contribution >= 0.6 is 22.9 Å². The molecule has 9 heteroatoms. The zero-order chi connectivity index (χ0) is 15.5. The zero-order valence-corrected chi connectivity index (χ0v) is 13.3. The number of rotatable bonds is 5. The Labute approximate surface area is 131 Å². The molecule has 21 heavy (non-hydrogen) atoms. The van der Waals surface area contributed by atoms with Gasteiger partial charge < -0.3 is 5.32 Å². The van der Waals surface area contributed by atoms with Gasteiger partial charge in [-0.2, -0.15) is 4.72 Å². The molecule has 2 aromatic rings. The van der Waals surface area contributed by atoms with E-state index in [1.807, 2.05) is 0 Å². The molecular formula is C12H12ClN3O3S2. The van der Waals surface area contributed by atoms with E-state index in [-0.39, 0.29) is 4.90 Å². The number of carbonyl (C=O) groups is 1. The second-order valence-corrected chi connectivity index (χ2v) is 7.17. The number of halogens is 1. The van der Waals surface area contributed by atoms with Crippen molar-refractivity contribution in [1.82, 2.24) is 9.71 Å². The molecule has 112 valence electrons. The first kappa shape index (κ1) is 15.9. The molecule has 0 bridgehead atoms. The highest BCUT2D eigenvalue weighted by Gasteiger charge is 2.22. The maximum Gasteiger partial charge on any atom is 0.244 e. The van der Waals surface area contributed by atoms with Crippen molar-refractivity contribution in [3.63, 3.8) is 0 Å².